The van der Waals surface area contributed by atoms with Crippen molar-refractivity contribution >= 4 is 34.0 Å². The maximum absolute atomic E-state index is 12.3. The quantitative estimate of drug-likeness (QED) is 0.732. The lowest BCUT2D eigenvalue weighted by atomic mass is 10.2. The van der Waals surface area contributed by atoms with Crippen molar-refractivity contribution < 1.29 is 9.53 Å². The molecule has 0 bridgehead atoms. The Labute approximate surface area is 166 Å². The van der Waals surface area contributed by atoms with Crippen LogP contribution in [0, 0.1) is 25.2 Å². The van der Waals surface area contributed by atoms with Crippen molar-refractivity contribution in [1.29, 1.82) is 5.26 Å². The SMILES string of the molecule is Cc1sc(NC(=O)CSc2nnc(CN3CCOCC3)n2C)c(C#N)c1C. The number of aryl methyl sites for hydroxylation is 1. The second-order valence-corrected chi connectivity index (χ2v) is 8.45. The van der Waals surface area contributed by atoms with Crippen LogP contribution >= 0.6 is 23.1 Å². The van der Waals surface area contributed by atoms with Gasteiger partial charge in [-0.15, -0.1) is 21.5 Å². The molecule has 0 aromatic carbocycles. The Balaban J connectivity index is 1.56. The summed E-state index contributed by atoms with van der Waals surface area (Å²) in [4.78, 5) is 15.6. The van der Waals surface area contributed by atoms with Gasteiger partial charge in [0.2, 0.25) is 5.91 Å². The molecule has 2 aromatic heterocycles. The van der Waals surface area contributed by atoms with Gasteiger partial charge in [-0.1, -0.05) is 11.8 Å². The molecule has 10 heteroatoms. The average molecular weight is 407 g/mol. The highest BCUT2D eigenvalue weighted by Gasteiger charge is 2.18. The van der Waals surface area contributed by atoms with E-state index in [9.17, 15) is 10.1 Å². The highest BCUT2D eigenvalue weighted by atomic mass is 32.2. The molecule has 8 nitrogen and oxygen atoms in total. The van der Waals surface area contributed by atoms with E-state index in [0.717, 1.165) is 49.1 Å². The number of ether oxygens (including phenoxy) is 1. The van der Waals surface area contributed by atoms with E-state index >= 15 is 0 Å². The number of nitrogens with one attached hydrogen (secondary N) is 1. The van der Waals surface area contributed by atoms with Crippen molar-refractivity contribution in [3.05, 3.63) is 21.8 Å². The molecule has 2 aromatic rings. The molecule has 144 valence electrons. The molecule has 1 saturated heterocycles. The Morgan fingerprint density at radius 2 is 2.11 bits per heavy atom. The van der Waals surface area contributed by atoms with E-state index in [4.69, 9.17) is 4.74 Å². The maximum Gasteiger partial charge on any atom is 0.235 e. The van der Waals surface area contributed by atoms with Crippen LogP contribution in [-0.2, 0) is 23.1 Å². The summed E-state index contributed by atoms with van der Waals surface area (Å²) in [5.41, 5.74) is 1.47. The molecule has 0 saturated carbocycles. The molecule has 1 aliphatic rings. The number of rotatable bonds is 6. The highest BCUT2D eigenvalue weighted by Crippen LogP contribution is 2.31. The average Bonchev–Trinajstić information content (AvgIpc) is 3.13. The predicted octanol–water partition coefficient (Wildman–Crippen LogP) is 1.93. The smallest absolute Gasteiger partial charge is 0.235 e. The number of carbonyl (C=O) groups is 1. The maximum atomic E-state index is 12.3. The van der Waals surface area contributed by atoms with Gasteiger partial charge < -0.3 is 14.6 Å². The summed E-state index contributed by atoms with van der Waals surface area (Å²) in [6.45, 7) is 7.82. The van der Waals surface area contributed by atoms with Crippen LogP contribution in [0.15, 0.2) is 5.16 Å². The van der Waals surface area contributed by atoms with Crippen molar-refractivity contribution in [3.8, 4) is 6.07 Å². The first-order valence-corrected chi connectivity index (χ1v) is 10.4. The summed E-state index contributed by atoms with van der Waals surface area (Å²) in [7, 11) is 1.91. The number of aromatic nitrogens is 3. The predicted molar refractivity (Wildman–Crippen MR) is 105 cm³/mol. The third-order valence-corrected chi connectivity index (χ3v) is 6.62. The molecule has 0 aliphatic carbocycles. The molecule has 1 aliphatic heterocycles. The zero-order valence-corrected chi connectivity index (χ0v) is 17.2. The summed E-state index contributed by atoms with van der Waals surface area (Å²) in [5.74, 6) is 0.927. The van der Waals surface area contributed by atoms with Crippen molar-refractivity contribution in [2.24, 2.45) is 7.05 Å². The largest absolute Gasteiger partial charge is 0.379 e. The normalized spacial score (nSPS) is 14.9. The molecule has 1 fully saturated rings. The number of morpholine rings is 1. The van der Waals surface area contributed by atoms with Gasteiger partial charge in [0.15, 0.2) is 5.16 Å². The van der Waals surface area contributed by atoms with Gasteiger partial charge in [-0.3, -0.25) is 9.69 Å². The molecule has 3 heterocycles. The molecule has 1 N–H and O–H groups in total. The lowest BCUT2D eigenvalue weighted by Gasteiger charge is -2.25. The standard InChI is InChI=1S/C17H22N6O2S2/c1-11-12(2)27-16(13(11)8-18)19-15(24)10-26-17-21-20-14(22(17)3)9-23-4-6-25-7-5-23/h4-7,9-10H2,1-3H3,(H,19,24). The van der Waals surface area contributed by atoms with E-state index in [2.05, 4.69) is 26.5 Å². The van der Waals surface area contributed by atoms with Crippen LogP contribution in [0.2, 0.25) is 0 Å². The second kappa shape index (κ2) is 8.84. The fourth-order valence-corrected chi connectivity index (χ4v) is 4.47. The fraction of sp³-hybridized carbons (Fsp3) is 0.529. The Morgan fingerprint density at radius 3 is 2.81 bits per heavy atom. The van der Waals surface area contributed by atoms with Gasteiger partial charge in [0.1, 0.15) is 16.9 Å². The molecule has 0 atom stereocenters. The molecule has 3 rings (SSSR count). The Bertz CT molecular complexity index is 864. The lowest BCUT2D eigenvalue weighted by molar-refractivity contribution is -0.113. The zero-order chi connectivity index (χ0) is 19.4. The van der Waals surface area contributed by atoms with Crippen LogP contribution in [0.25, 0.3) is 0 Å². The zero-order valence-electron chi connectivity index (χ0n) is 15.6. The minimum Gasteiger partial charge on any atom is -0.379 e. The van der Waals surface area contributed by atoms with Gasteiger partial charge in [-0.2, -0.15) is 5.26 Å². The van der Waals surface area contributed by atoms with Crippen molar-refractivity contribution in [3.63, 3.8) is 0 Å². The number of anilines is 1. The van der Waals surface area contributed by atoms with Crippen molar-refractivity contribution in [2.45, 2.75) is 25.5 Å². The topological polar surface area (TPSA) is 96.1 Å². The molecule has 0 unspecified atom stereocenters. The second-order valence-electron chi connectivity index (χ2n) is 6.28. The minimum atomic E-state index is -0.157. The highest BCUT2D eigenvalue weighted by molar-refractivity contribution is 7.99. The van der Waals surface area contributed by atoms with Gasteiger partial charge in [0, 0.05) is 25.0 Å². The number of nitriles is 1. The van der Waals surface area contributed by atoms with Crippen LogP contribution in [0.1, 0.15) is 21.8 Å². The number of nitrogens with zero attached hydrogens (tertiary/aromatic N) is 5. The molecular formula is C17H22N6O2S2. The molecular weight excluding hydrogens is 384 g/mol. The van der Waals surface area contributed by atoms with E-state index < -0.39 is 0 Å². The van der Waals surface area contributed by atoms with Gasteiger partial charge in [0.05, 0.1) is 31.1 Å². The Hall–Kier alpha value is -1.93. The number of amides is 1. The van der Waals surface area contributed by atoms with Crippen molar-refractivity contribution in [2.75, 3.05) is 37.4 Å². The first-order chi connectivity index (χ1) is 13.0. The molecule has 1 amide bonds. The molecule has 0 spiro atoms. The molecule has 0 radical (unpaired) electrons. The summed E-state index contributed by atoms with van der Waals surface area (Å²) >= 11 is 2.77. The third-order valence-electron chi connectivity index (χ3n) is 4.48. The van der Waals surface area contributed by atoms with Crippen LogP contribution in [0.4, 0.5) is 5.00 Å². The van der Waals surface area contributed by atoms with Crippen LogP contribution in [0.5, 0.6) is 0 Å². The Kier molecular flexibility index (Phi) is 6.49. The first-order valence-electron chi connectivity index (χ1n) is 8.60. The van der Waals surface area contributed by atoms with Crippen LogP contribution in [-0.4, -0.2) is 57.6 Å². The third kappa shape index (κ3) is 4.68. The van der Waals surface area contributed by atoms with Gasteiger partial charge in [-0.25, -0.2) is 0 Å². The summed E-state index contributed by atoms with van der Waals surface area (Å²) < 4.78 is 7.28. The fourth-order valence-electron chi connectivity index (χ4n) is 2.71. The van der Waals surface area contributed by atoms with Crippen molar-refractivity contribution in [1.82, 2.24) is 19.7 Å². The van der Waals surface area contributed by atoms with E-state index in [1.54, 1.807) is 0 Å². The van der Waals surface area contributed by atoms with Crippen LogP contribution in [0.3, 0.4) is 0 Å². The van der Waals surface area contributed by atoms with Gasteiger partial charge >= 0.3 is 0 Å². The summed E-state index contributed by atoms with van der Waals surface area (Å²) in [6, 6.07) is 2.16. The van der Waals surface area contributed by atoms with E-state index in [0.29, 0.717) is 15.7 Å². The monoisotopic (exact) mass is 406 g/mol. The number of thioether (sulfide) groups is 1. The van der Waals surface area contributed by atoms with E-state index in [1.807, 2.05) is 25.5 Å². The van der Waals surface area contributed by atoms with E-state index in [-0.39, 0.29) is 11.7 Å². The number of hydrogen-bond acceptors (Lipinski definition) is 8. The summed E-state index contributed by atoms with van der Waals surface area (Å²) in [5, 5.41) is 21.9. The van der Waals surface area contributed by atoms with Gasteiger partial charge in [-0.05, 0) is 19.4 Å². The van der Waals surface area contributed by atoms with E-state index in [1.165, 1.54) is 23.1 Å². The lowest BCUT2D eigenvalue weighted by Crippen LogP contribution is -2.36. The number of hydrogen-bond donors (Lipinski definition) is 1. The molecule has 27 heavy (non-hydrogen) atoms. The minimum absolute atomic E-state index is 0.157. The van der Waals surface area contributed by atoms with Crippen LogP contribution < -0.4 is 5.32 Å². The number of thiophene rings is 1. The first kappa shape index (κ1) is 19.8. The van der Waals surface area contributed by atoms with Gasteiger partial charge in [0.25, 0.3) is 0 Å². The Morgan fingerprint density at radius 1 is 1.37 bits per heavy atom. The number of carbonyl (C=O) groups excluding carboxylic acids is 1. The summed E-state index contributed by atoms with van der Waals surface area (Å²) in [6.07, 6.45) is 0.